The first-order chi connectivity index (χ1) is 14.7. The minimum absolute atomic E-state index is 0.122. The van der Waals surface area contributed by atoms with Crippen LogP contribution in [0, 0.1) is 0 Å². The summed E-state index contributed by atoms with van der Waals surface area (Å²) in [5.74, 6) is 0.305. The summed E-state index contributed by atoms with van der Waals surface area (Å²) >= 11 is 1.24. The Kier molecular flexibility index (Phi) is 4.72. The van der Waals surface area contributed by atoms with E-state index in [1.165, 1.54) is 11.8 Å². The SMILES string of the molecule is C[C@@H](Sc1nnc(-c2c[nH]c3ccccc23)o1)C(=O)Nc1cccc2ccccc12. The number of anilines is 1. The molecule has 2 aromatic heterocycles. The third-order valence-corrected chi connectivity index (χ3v) is 5.85. The second-order valence-corrected chi connectivity index (χ2v) is 8.19. The molecule has 7 heteroatoms. The van der Waals surface area contributed by atoms with Crippen molar-refractivity contribution in [1.82, 2.24) is 15.2 Å². The Morgan fingerprint density at radius 3 is 2.67 bits per heavy atom. The molecule has 0 bridgehead atoms. The third kappa shape index (κ3) is 3.44. The maximum Gasteiger partial charge on any atom is 0.277 e. The monoisotopic (exact) mass is 414 g/mol. The molecule has 0 saturated carbocycles. The molecule has 5 rings (SSSR count). The van der Waals surface area contributed by atoms with Crippen molar-refractivity contribution in [3.63, 3.8) is 0 Å². The lowest BCUT2D eigenvalue weighted by atomic mass is 10.1. The lowest BCUT2D eigenvalue weighted by Gasteiger charge is -2.12. The van der Waals surface area contributed by atoms with Crippen molar-refractivity contribution in [1.29, 1.82) is 0 Å². The lowest BCUT2D eigenvalue weighted by molar-refractivity contribution is -0.115. The molecule has 1 atom stereocenters. The molecule has 148 valence electrons. The molecule has 30 heavy (non-hydrogen) atoms. The number of para-hydroxylation sites is 1. The molecule has 1 amide bonds. The van der Waals surface area contributed by atoms with Crippen molar-refractivity contribution >= 4 is 45.0 Å². The Morgan fingerprint density at radius 1 is 1.00 bits per heavy atom. The van der Waals surface area contributed by atoms with Crippen LogP contribution in [0.15, 0.2) is 82.6 Å². The number of nitrogens with one attached hydrogen (secondary N) is 2. The van der Waals surface area contributed by atoms with Crippen molar-refractivity contribution in [2.45, 2.75) is 17.4 Å². The summed E-state index contributed by atoms with van der Waals surface area (Å²) in [5, 5.41) is 14.3. The van der Waals surface area contributed by atoms with Gasteiger partial charge in [0, 0.05) is 28.2 Å². The summed E-state index contributed by atoms with van der Waals surface area (Å²) in [6.45, 7) is 1.82. The molecule has 0 aliphatic rings. The maximum absolute atomic E-state index is 12.7. The number of amides is 1. The predicted octanol–water partition coefficient (Wildman–Crippen LogP) is 5.49. The zero-order valence-corrected chi connectivity index (χ0v) is 16.9. The molecule has 2 N–H and O–H groups in total. The summed E-state index contributed by atoms with van der Waals surface area (Å²) in [6, 6.07) is 21.7. The van der Waals surface area contributed by atoms with E-state index in [2.05, 4.69) is 20.5 Å². The smallest absolute Gasteiger partial charge is 0.277 e. The molecule has 3 aromatic carbocycles. The van der Waals surface area contributed by atoms with E-state index in [0.29, 0.717) is 11.1 Å². The van der Waals surface area contributed by atoms with E-state index in [-0.39, 0.29) is 5.91 Å². The van der Waals surface area contributed by atoms with Gasteiger partial charge in [0.1, 0.15) is 0 Å². The van der Waals surface area contributed by atoms with Crippen LogP contribution in [-0.2, 0) is 4.79 Å². The summed E-state index contributed by atoms with van der Waals surface area (Å²) in [4.78, 5) is 15.9. The maximum atomic E-state index is 12.7. The van der Waals surface area contributed by atoms with Gasteiger partial charge in [-0.05, 0) is 24.4 Å². The summed E-state index contributed by atoms with van der Waals surface area (Å²) in [6.07, 6.45) is 1.85. The highest BCUT2D eigenvalue weighted by molar-refractivity contribution is 8.00. The first-order valence-electron chi connectivity index (χ1n) is 9.54. The number of hydrogen-bond acceptors (Lipinski definition) is 5. The van der Waals surface area contributed by atoms with E-state index in [0.717, 1.165) is 32.9 Å². The number of aromatic amines is 1. The average molecular weight is 414 g/mol. The van der Waals surface area contributed by atoms with E-state index in [1.54, 1.807) is 0 Å². The number of rotatable bonds is 5. The van der Waals surface area contributed by atoms with Crippen molar-refractivity contribution < 1.29 is 9.21 Å². The van der Waals surface area contributed by atoms with Gasteiger partial charge in [-0.25, -0.2) is 0 Å². The molecule has 5 aromatic rings. The molecule has 0 unspecified atom stereocenters. The van der Waals surface area contributed by atoms with Crippen molar-refractivity contribution in [2.24, 2.45) is 0 Å². The van der Waals surface area contributed by atoms with Crippen LogP contribution in [0.25, 0.3) is 33.1 Å². The van der Waals surface area contributed by atoms with Gasteiger partial charge in [0.05, 0.1) is 10.8 Å². The Balaban J connectivity index is 1.32. The zero-order valence-electron chi connectivity index (χ0n) is 16.1. The quantitative estimate of drug-likeness (QED) is 0.372. The van der Waals surface area contributed by atoms with E-state index < -0.39 is 5.25 Å². The van der Waals surface area contributed by atoms with Crippen LogP contribution in [-0.4, -0.2) is 26.3 Å². The molecule has 2 heterocycles. The van der Waals surface area contributed by atoms with Crippen LogP contribution < -0.4 is 5.32 Å². The largest absolute Gasteiger partial charge is 0.411 e. The van der Waals surface area contributed by atoms with Crippen molar-refractivity contribution in [2.75, 3.05) is 5.32 Å². The number of fused-ring (bicyclic) bond motifs is 2. The van der Waals surface area contributed by atoms with Gasteiger partial charge in [-0.3, -0.25) is 4.79 Å². The fourth-order valence-electron chi connectivity index (χ4n) is 3.39. The molecule has 0 aliphatic carbocycles. The number of aromatic nitrogens is 3. The molecular formula is C23H18N4O2S. The van der Waals surface area contributed by atoms with Crippen molar-refractivity contribution in [3.8, 4) is 11.5 Å². The molecular weight excluding hydrogens is 396 g/mol. The van der Waals surface area contributed by atoms with Gasteiger partial charge in [0.15, 0.2) is 0 Å². The molecule has 0 fully saturated rings. The topological polar surface area (TPSA) is 83.8 Å². The number of benzene rings is 3. The van der Waals surface area contributed by atoms with Crippen LogP contribution >= 0.6 is 11.8 Å². The first-order valence-corrected chi connectivity index (χ1v) is 10.4. The van der Waals surface area contributed by atoms with Gasteiger partial charge < -0.3 is 14.7 Å². The van der Waals surface area contributed by atoms with E-state index in [4.69, 9.17) is 4.42 Å². The number of carbonyl (C=O) groups is 1. The van der Waals surface area contributed by atoms with Crippen LogP contribution in [0.1, 0.15) is 6.92 Å². The fraction of sp³-hybridized carbons (Fsp3) is 0.0870. The summed E-state index contributed by atoms with van der Waals surface area (Å²) in [5.41, 5.74) is 2.64. The number of H-pyrrole nitrogens is 1. The standard InChI is InChI=1S/C23H18N4O2S/c1-14(21(28)25-20-12-6-8-15-7-2-3-9-16(15)20)30-23-27-26-22(29-23)18-13-24-19-11-5-4-10-17(18)19/h2-14,24H,1H3,(H,25,28)/t14-/m1/s1. The second-order valence-electron chi connectivity index (χ2n) is 6.90. The van der Waals surface area contributed by atoms with Crippen LogP contribution in [0.3, 0.4) is 0 Å². The van der Waals surface area contributed by atoms with E-state index >= 15 is 0 Å². The molecule has 0 radical (unpaired) electrons. The molecule has 6 nitrogen and oxygen atoms in total. The number of thioether (sulfide) groups is 1. The Morgan fingerprint density at radius 2 is 1.77 bits per heavy atom. The fourth-order valence-corrected chi connectivity index (χ4v) is 4.07. The van der Waals surface area contributed by atoms with E-state index in [1.807, 2.05) is 79.9 Å². The summed E-state index contributed by atoms with van der Waals surface area (Å²) in [7, 11) is 0. The van der Waals surface area contributed by atoms with Gasteiger partial charge in [-0.1, -0.05) is 66.4 Å². The summed E-state index contributed by atoms with van der Waals surface area (Å²) < 4.78 is 5.82. The molecule has 0 spiro atoms. The predicted molar refractivity (Wildman–Crippen MR) is 119 cm³/mol. The normalized spacial score (nSPS) is 12.3. The third-order valence-electron chi connectivity index (χ3n) is 4.92. The van der Waals surface area contributed by atoms with Gasteiger partial charge >= 0.3 is 0 Å². The number of carbonyl (C=O) groups excluding carboxylic acids is 1. The van der Waals surface area contributed by atoms with Crippen LogP contribution in [0.2, 0.25) is 0 Å². The zero-order chi connectivity index (χ0) is 20.5. The molecule has 0 aliphatic heterocycles. The van der Waals surface area contributed by atoms with Crippen LogP contribution in [0.5, 0.6) is 0 Å². The highest BCUT2D eigenvalue weighted by atomic mass is 32.2. The molecule has 0 saturated heterocycles. The highest BCUT2D eigenvalue weighted by Crippen LogP contribution is 2.31. The van der Waals surface area contributed by atoms with Gasteiger partial charge in [-0.2, -0.15) is 0 Å². The minimum Gasteiger partial charge on any atom is -0.411 e. The van der Waals surface area contributed by atoms with Crippen LogP contribution in [0.4, 0.5) is 5.69 Å². The van der Waals surface area contributed by atoms with Crippen molar-refractivity contribution in [3.05, 3.63) is 72.9 Å². The Bertz CT molecular complexity index is 1350. The Hall–Kier alpha value is -3.58. The highest BCUT2D eigenvalue weighted by Gasteiger charge is 2.20. The van der Waals surface area contributed by atoms with Gasteiger partial charge in [-0.15, -0.1) is 10.2 Å². The van der Waals surface area contributed by atoms with Gasteiger partial charge in [0.25, 0.3) is 11.1 Å². The average Bonchev–Trinajstić information content (AvgIpc) is 3.40. The number of nitrogens with zero attached hydrogens (tertiary/aromatic N) is 2. The second kappa shape index (κ2) is 7.68. The van der Waals surface area contributed by atoms with Gasteiger partial charge in [0.2, 0.25) is 5.91 Å². The Labute approximate surface area is 176 Å². The first kappa shape index (κ1) is 18.4. The minimum atomic E-state index is -0.403. The lowest BCUT2D eigenvalue weighted by Crippen LogP contribution is -2.22. The number of hydrogen-bond donors (Lipinski definition) is 2. The van der Waals surface area contributed by atoms with E-state index in [9.17, 15) is 4.79 Å².